The average Bonchev–Trinajstić information content (AvgIpc) is 3.04. The fourth-order valence-corrected chi connectivity index (χ4v) is 3.62. The molecule has 0 fully saturated rings. The maximum atomic E-state index is 12.7. The van der Waals surface area contributed by atoms with E-state index in [1.54, 1.807) is 24.3 Å². The fourth-order valence-electron chi connectivity index (χ4n) is 3.35. The number of amides is 3. The van der Waals surface area contributed by atoms with Crippen molar-refractivity contribution in [1.82, 2.24) is 0 Å². The van der Waals surface area contributed by atoms with Crippen molar-refractivity contribution in [3.8, 4) is 5.75 Å². The van der Waals surface area contributed by atoms with E-state index in [-0.39, 0.29) is 44.5 Å². The van der Waals surface area contributed by atoms with Crippen LogP contribution in [0.5, 0.6) is 5.75 Å². The summed E-state index contributed by atoms with van der Waals surface area (Å²) in [6, 6.07) is 14.6. The average molecular weight is 452 g/mol. The number of nitrogens with one attached hydrogen (secondary N) is 1. The van der Waals surface area contributed by atoms with Crippen LogP contribution in [0.2, 0.25) is 5.02 Å². The molecule has 1 aliphatic rings. The van der Waals surface area contributed by atoms with Crippen LogP contribution in [0.25, 0.3) is 0 Å². The zero-order valence-electron chi connectivity index (χ0n) is 16.5. The van der Waals surface area contributed by atoms with Gasteiger partial charge in [-0.05, 0) is 42.5 Å². The number of benzene rings is 3. The number of nitrogens with zero attached hydrogens (tertiary/aromatic N) is 2. The summed E-state index contributed by atoms with van der Waals surface area (Å²) in [6.45, 7) is 0. The van der Waals surface area contributed by atoms with Crippen LogP contribution in [0.3, 0.4) is 0 Å². The molecule has 3 aromatic carbocycles. The van der Waals surface area contributed by atoms with Gasteiger partial charge in [-0.15, -0.1) is 0 Å². The monoisotopic (exact) mass is 451 g/mol. The number of imide groups is 1. The lowest BCUT2D eigenvalue weighted by Crippen LogP contribution is -2.29. The van der Waals surface area contributed by atoms with Crippen molar-refractivity contribution in [2.45, 2.75) is 0 Å². The highest BCUT2D eigenvalue weighted by molar-refractivity contribution is 6.40. The molecule has 0 aromatic heterocycles. The normalized spacial score (nSPS) is 12.5. The van der Waals surface area contributed by atoms with Crippen LogP contribution < -0.4 is 15.0 Å². The van der Waals surface area contributed by atoms with Gasteiger partial charge in [0.15, 0.2) is 5.75 Å². The van der Waals surface area contributed by atoms with Crippen LogP contribution in [0, 0.1) is 10.1 Å². The minimum absolute atomic E-state index is 0.0277. The molecule has 1 N–H and O–H groups in total. The highest BCUT2D eigenvalue weighted by Gasteiger charge is 2.37. The molecular formula is C22H14ClN3O6. The maximum Gasteiger partial charge on any atom is 0.311 e. The van der Waals surface area contributed by atoms with Crippen molar-refractivity contribution in [3.63, 3.8) is 0 Å². The molecule has 32 heavy (non-hydrogen) atoms. The fraction of sp³-hybridized carbons (Fsp3) is 0.0455. The lowest BCUT2D eigenvalue weighted by molar-refractivity contribution is -0.385. The Kier molecular flexibility index (Phi) is 5.33. The van der Waals surface area contributed by atoms with E-state index in [1.165, 1.54) is 37.4 Å². The topological polar surface area (TPSA) is 119 Å². The van der Waals surface area contributed by atoms with Gasteiger partial charge in [-0.3, -0.25) is 24.5 Å². The Morgan fingerprint density at radius 2 is 1.69 bits per heavy atom. The van der Waals surface area contributed by atoms with Crippen LogP contribution in [0.1, 0.15) is 31.1 Å². The summed E-state index contributed by atoms with van der Waals surface area (Å²) in [7, 11) is 1.29. The largest absolute Gasteiger partial charge is 0.490 e. The van der Waals surface area contributed by atoms with Crippen molar-refractivity contribution in [3.05, 3.63) is 92.5 Å². The second-order valence-electron chi connectivity index (χ2n) is 6.76. The molecule has 0 radical (unpaired) electrons. The molecule has 0 aliphatic carbocycles. The number of nitro groups is 1. The summed E-state index contributed by atoms with van der Waals surface area (Å²) in [5.41, 5.74) is 0.714. The molecule has 0 spiro atoms. The molecule has 0 saturated carbocycles. The van der Waals surface area contributed by atoms with Gasteiger partial charge in [0, 0.05) is 17.3 Å². The zero-order chi connectivity index (χ0) is 23.0. The lowest BCUT2D eigenvalue weighted by Gasteiger charge is -2.16. The number of methoxy groups -OCH3 is 1. The molecule has 9 nitrogen and oxygen atoms in total. The highest BCUT2D eigenvalue weighted by atomic mass is 35.5. The van der Waals surface area contributed by atoms with Gasteiger partial charge < -0.3 is 10.1 Å². The van der Waals surface area contributed by atoms with Crippen LogP contribution in [0.4, 0.5) is 17.1 Å². The van der Waals surface area contributed by atoms with Crippen molar-refractivity contribution < 1.29 is 24.0 Å². The number of fused-ring (bicyclic) bond motifs is 1. The molecule has 0 unspecified atom stereocenters. The minimum atomic E-state index is -0.649. The SMILES string of the molecule is COc1ccc(C(=O)Nc2ccc(N3C(=O)c4ccccc4C3=O)c(Cl)c2)cc1[N+](=O)[O-]. The Morgan fingerprint density at radius 3 is 2.25 bits per heavy atom. The number of hydrogen-bond donors (Lipinski definition) is 1. The molecule has 0 saturated heterocycles. The van der Waals surface area contributed by atoms with Gasteiger partial charge >= 0.3 is 5.69 Å². The smallest absolute Gasteiger partial charge is 0.311 e. The summed E-state index contributed by atoms with van der Waals surface area (Å²) in [6.07, 6.45) is 0. The minimum Gasteiger partial charge on any atom is -0.490 e. The number of ether oxygens (including phenoxy) is 1. The van der Waals surface area contributed by atoms with Crippen molar-refractivity contribution in [2.24, 2.45) is 0 Å². The number of hydrogen-bond acceptors (Lipinski definition) is 6. The lowest BCUT2D eigenvalue weighted by atomic mass is 10.1. The molecule has 0 bridgehead atoms. The number of rotatable bonds is 5. The summed E-state index contributed by atoms with van der Waals surface area (Å²) in [5, 5.41) is 13.8. The Balaban J connectivity index is 1.58. The molecule has 3 aromatic rings. The molecule has 10 heteroatoms. The molecule has 0 atom stereocenters. The quantitative estimate of drug-likeness (QED) is 0.350. The number of carbonyl (C=O) groups excluding carboxylic acids is 3. The Labute approximate surface area is 186 Å². The van der Waals surface area contributed by atoms with E-state index < -0.39 is 22.6 Å². The standard InChI is InChI=1S/C22H14ClN3O6/c1-32-19-9-6-12(10-18(19)26(30)31)20(27)24-13-7-8-17(16(23)11-13)25-21(28)14-4-2-3-5-15(14)22(25)29/h2-11H,1H3,(H,24,27). The first-order valence-corrected chi connectivity index (χ1v) is 9.60. The van der Waals surface area contributed by atoms with Gasteiger partial charge in [-0.25, -0.2) is 4.90 Å². The third kappa shape index (κ3) is 3.54. The molecule has 1 heterocycles. The van der Waals surface area contributed by atoms with E-state index in [4.69, 9.17) is 16.3 Å². The van der Waals surface area contributed by atoms with Crippen LogP contribution in [-0.2, 0) is 0 Å². The second kappa shape index (κ2) is 8.12. The first-order chi connectivity index (χ1) is 15.3. The Hall–Kier alpha value is -4.24. The highest BCUT2D eigenvalue weighted by Crippen LogP contribution is 2.35. The van der Waals surface area contributed by atoms with E-state index >= 15 is 0 Å². The van der Waals surface area contributed by atoms with Crippen LogP contribution >= 0.6 is 11.6 Å². The summed E-state index contributed by atoms with van der Waals surface area (Å²) < 4.78 is 4.93. The summed E-state index contributed by atoms with van der Waals surface area (Å²) in [4.78, 5) is 49.4. The number of nitro benzene ring substituents is 1. The molecule has 3 amide bonds. The second-order valence-corrected chi connectivity index (χ2v) is 7.16. The van der Waals surface area contributed by atoms with Gasteiger partial charge in [0.25, 0.3) is 17.7 Å². The van der Waals surface area contributed by atoms with E-state index in [2.05, 4.69) is 5.32 Å². The van der Waals surface area contributed by atoms with Crippen molar-refractivity contribution >= 4 is 46.4 Å². The number of anilines is 2. The number of carbonyl (C=O) groups is 3. The van der Waals surface area contributed by atoms with Gasteiger partial charge in [0.2, 0.25) is 0 Å². The van der Waals surface area contributed by atoms with Crippen molar-refractivity contribution in [2.75, 3.05) is 17.3 Å². The third-order valence-corrected chi connectivity index (χ3v) is 5.18. The predicted octanol–water partition coefficient (Wildman–Crippen LogP) is 4.31. The molecule has 4 rings (SSSR count). The zero-order valence-corrected chi connectivity index (χ0v) is 17.3. The van der Waals surface area contributed by atoms with Crippen LogP contribution in [-0.4, -0.2) is 29.8 Å². The summed E-state index contributed by atoms with van der Waals surface area (Å²) in [5.74, 6) is -1.56. The maximum absolute atomic E-state index is 12.7. The van der Waals surface area contributed by atoms with Gasteiger partial charge in [0.05, 0.1) is 33.9 Å². The van der Waals surface area contributed by atoms with E-state index in [1.807, 2.05) is 0 Å². The van der Waals surface area contributed by atoms with E-state index in [0.717, 1.165) is 11.0 Å². The third-order valence-electron chi connectivity index (χ3n) is 4.88. The van der Waals surface area contributed by atoms with E-state index in [0.29, 0.717) is 0 Å². The predicted molar refractivity (Wildman–Crippen MR) is 117 cm³/mol. The van der Waals surface area contributed by atoms with Crippen molar-refractivity contribution in [1.29, 1.82) is 0 Å². The first-order valence-electron chi connectivity index (χ1n) is 9.23. The van der Waals surface area contributed by atoms with Crippen LogP contribution in [0.15, 0.2) is 60.7 Å². The number of halogens is 1. The Bertz CT molecular complexity index is 1270. The Morgan fingerprint density at radius 1 is 1.03 bits per heavy atom. The summed E-state index contributed by atoms with van der Waals surface area (Å²) >= 11 is 6.32. The van der Waals surface area contributed by atoms with Gasteiger partial charge in [-0.2, -0.15) is 0 Å². The first kappa shape index (κ1) is 21.0. The molecular weight excluding hydrogens is 438 g/mol. The van der Waals surface area contributed by atoms with Gasteiger partial charge in [0.1, 0.15) is 0 Å². The van der Waals surface area contributed by atoms with Gasteiger partial charge in [-0.1, -0.05) is 23.7 Å². The molecule has 160 valence electrons. The molecule has 1 aliphatic heterocycles. The van der Waals surface area contributed by atoms with E-state index in [9.17, 15) is 24.5 Å².